The third kappa shape index (κ3) is 8.12. The van der Waals surface area contributed by atoms with E-state index in [1.54, 1.807) is 0 Å². The molecule has 76 valence electrons. The molecule has 0 aliphatic rings. The lowest BCUT2D eigenvalue weighted by Gasteiger charge is -2.09. The molecule has 0 N–H and O–H groups in total. The first kappa shape index (κ1) is 12.8. The van der Waals surface area contributed by atoms with Crippen LogP contribution in [0.2, 0.25) is 19.6 Å². The van der Waals surface area contributed by atoms with Gasteiger partial charge in [0.1, 0.15) is 8.07 Å². The SMILES string of the molecule is CCCC(C#C[Si](C)(C)C)CCC. The molecular weight excluding hydrogens is 172 g/mol. The summed E-state index contributed by atoms with van der Waals surface area (Å²) in [6.07, 6.45) is 5.10. The first-order chi connectivity index (χ1) is 5.99. The van der Waals surface area contributed by atoms with Crippen molar-refractivity contribution in [3.63, 3.8) is 0 Å². The van der Waals surface area contributed by atoms with Crippen LogP contribution in [0.3, 0.4) is 0 Å². The summed E-state index contributed by atoms with van der Waals surface area (Å²) in [6.45, 7) is 11.4. The highest BCUT2D eigenvalue weighted by molar-refractivity contribution is 6.83. The smallest absolute Gasteiger partial charge is 0.129 e. The third-order valence-electron chi connectivity index (χ3n) is 1.93. The fourth-order valence-corrected chi connectivity index (χ4v) is 1.94. The van der Waals surface area contributed by atoms with Gasteiger partial charge in [-0.15, -0.1) is 11.5 Å². The summed E-state index contributed by atoms with van der Waals surface area (Å²) in [6, 6.07) is 0. The topological polar surface area (TPSA) is 0 Å². The molecule has 0 radical (unpaired) electrons. The molecule has 0 saturated heterocycles. The van der Waals surface area contributed by atoms with E-state index >= 15 is 0 Å². The molecule has 13 heavy (non-hydrogen) atoms. The first-order valence-electron chi connectivity index (χ1n) is 5.52. The zero-order valence-corrected chi connectivity index (χ0v) is 10.9. The van der Waals surface area contributed by atoms with Crippen molar-refractivity contribution in [1.82, 2.24) is 0 Å². The van der Waals surface area contributed by atoms with Crippen molar-refractivity contribution in [2.45, 2.75) is 59.2 Å². The highest BCUT2D eigenvalue weighted by atomic mass is 28.3. The number of hydrogen-bond acceptors (Lipinski definition) is 0. The van der Waals surface area contributed by atoms with Gasteiger partial charge in [-0.25, -0.2) is 0 Å². The van der Waals surface area contributed by atoms with Gasteiger partial charge >= 0.3 is 0 Å². The van der Waals surface area contributed by atoms with Gasteiger partial charge in [-0.3, -0.25) is 0 Å². The summed E-state index contributed by atoms with van der Waals surface area (Å²) in [5, 5.41) is 0. The lowest BCUT2D eigenvalue weighted by Crippen LogP contribution is -2.17. The Kier molecular flexibility index (Phi) is 6.16. The molecule has 0 saturated carbocycles. The molecule has 0 aliphatic heterocycles. The Labute approximate surface area is 85.1 Å². The Morgan fingerprint density at radius 1 is 1.00 bits per heavy atom. The second kappa shape index (κ2) is 6.26. The maximum Gasteiger partial charge on any atom is 0.129 e. The van der Waals surface area contributed by atoms with Gasteiger partial charge < -0.3 is 0 Å². The monoisotopic (exact) mass is 196 g/mol. The van der Waals surface area contributed by atoms with E-state index in [2.05, 4.69) is 45.0 Å². The molecule has 0 aromatic carbocycles. The summed E-state index contributed by atoms with van der Waals surface area (Å²) >= 11 is 0. The average molecular weight is 196 g/mol. The van der Waals surface area contributed by atoms with Crippen LogP contribution in [-0.4, -0.2) is 8.07 Å². The van der Waals surface area contributed by atoms with Crippen LogP contribution in [0.4, 0.5) is 0 Å². The van der Waals surface area contributed by atoms with Gasteiger partial charge in [0, 0.05) is 5.92 Å². The maximum absolute atomic E-state index is 3.48. The number of rotatable bonds is 4. The van der Waals surface area contributed by atoms with Crippen LogP contribution >= 0.6 is 0 Å². The van der Waals surface area contributed by atoms with Crippen molar-refractivity contribution in [2.75, 3.05) is 0 Å². The van der Waals surface area contributed by atoms with Crippen LogP contribution < -0.4 is 0 Å². The van der Waals surface area contributed by atoms with E-state index in [1.165, 1.54) is 25.7 Å². The maximum atomic E-state index is 3.48. The summed E-state index contributed by atoms with van der Waals surface area (Å²) < 4.78 is 0. The van der Waals surface area contributed by atoms with Crippen molar-refractivity contribution in [2.24, 2.45) is 5.92 Å². The minimum atomic E-state index is -1.14. The Balaban J connectivity index is 4.12. The van der Waals surface area contributed by atoms with E-state index in [9.17, 15) is 0 Å². The zero-order chi connectivity index (χ0) is 10.3. The molecular formula is C12H24Si. The first-order valence-corrected chi connectivity index (χ1v) is 9.02. The van der Waals surface area contributed by atoms with Crippen molar-refractivity contribution in [3.8, 4) is 11.5 Å². The number of hydrogen-bond donors (Lipinski definition) is 0. The summed E-state index contributed by atoms with van der Waals surface area (Å²) in [5.41, 5.74) is 3.48. The van der Waals surface area contributed by atoms with E-state index in [4.69, 9.17) is 0 Å². The molecule has 0 aromatic heterocycles. The molecule has 0 bridgehead atoms. The molecule has 0 nitrogen and oxygen atoms in total. The van der Waals surface area contributed by atoms with Crippen LogP contribution in [-0.2, 0) is 0 Å². The van der Waals surface area contributed by atoms with Gasteiger partial charge in [0.25, 0.3) is 0 Å². The van der Waals surface area contributed by atoms with Gasteiger partial charge in [-0.2, -0.15) is 0 Å². The van der Waals surface area contributed by atoms with Crippen molar-refractivity contribution >= 4 is 8.07 Å². The lowest BCUT2D eigenvalue weighted by atomic mass is 10.00. The van der Waals surface area contributed by atoms with Crippen molar-refractivity contribution in [1.29, 1.82) is 0 Å². The summed E-state index contributed by atoms with van der Waals surface area (Å²) in [7, 11) is -1.14. The molecule has 0 unspecified atom stereocenters. The Morgan fingerprint density at radius 2 is 1.46 bits per heavy atom. The lowest BCUT2D eigenvalue weighted by molar-refractivity contribution is 0.546. The van der Waals surface area contributed by atoms with E-state index in [1.807, 2.05) is 0 Å². The molecule has 0 aliphatic carbocycles. The average Bonchev–Trinajstić information content (AvgIpc) is 2.00. The van der Waals surface area contributed by atoms with Gasteiger partial charge in [0.15, 0.2) is 0 Å². The van der Waals surface area contributed by atoms with Crippen LogP contribution in [0.15, 0.2) is 0 Å². The normalized spacial score (nSPS) is 11.2. The predicted octanol–water partition coefficient (Wildman–Crippen LogP) is 4.08. The molecule has 1 heteroatoms. The van der Waals surface area contributed by atoms with Gasteiger partial charge in [-0.1, -0.05) is 46.3 Å². The molecule has 0 fully saturated rings. The highest BCUT2D eigenvalue weighted by Crippen LogP contribution is 2.12. The third-order valence-corrected chi connectivity index (χ3v) is 2.82. The highest BCUT2D eigenvalue weighted by Gasteiger charge is 2.09. The van der Waals surface area contributed by atoms with Crippen LogP contribution in [0.5, 0.6) is 0 Å². The van der Waals surface area contributed by atoms with Crippen LogP contribution in [0.25, 0.3) is 0 Å². The van der Waals surface area contributed by atoms with Gasteiger partial charge in [0.05, 0.1) is 0 Å². The minimum absolute atomic E-state index is 0.668. The second-order valence-electron chi connectivity index (χ2n) is 4.79. The van der Waals surface area contributed by atoms with Gasteiger partial charge in [-0.05, 0) is 12.8 Å². The largest absolute Gasteiger partial charge is 0.132 e. The van der Waals surface area contributed by atoms with Crippen LogP contribution in [0, 0.1) is 17.4 Å². The molecule has 0 amide bonds. The minimum Gasteiger partial charge on any atom is -0.132 e. The molecule has 0 heterocycles. The predicted molar refractivity (Wildman–Crippen MR) is 64.4 cm³/mol. The van der Waals surface area contributed by atoms with E-state index in [0.29, 0.717) is 5.92 Å². The Morgan fingerprint density at radius 3 is 1.77 bits per heavy atom. The van der Waals surface area contributed by atoms with E-state index < -0.39 is 8.07 Å². The quantitative estimate of drug-likeness (QED) is 0.469. The fourth-order valence-electron chi connectivity index (χ4n) is 1.30. The van der Waals surface area contributed by atoms with E-state index in [-0.39, 0.29) is 0 Å². The summed E-state index contributed by atoms with van der Waals surface area (Å²) in [5.74, 6) is 4.14. The molecule has 0 spiro atoms. The van der Waals surface area contributed by atoms with Crippen LogP contribution in [0.1, 0.15) is 39.5 Å². The molecule has 0 rings (SSSR count). The standard InChI is InChI=1S/C12H24Si/c1-6-8-12(9-7-2)10-11-13(3,4)5/h12H,6-9H2,1-5H3. The Hall–Kier alpha value is -0.223. The van der Waals surface area contributed by atoms with Crippen molar-refractivity contribution in [3.05, 3.63) is 0 Å². The van der Waals surface area contributed by atoms with Gasteiger partial charge in [0.2, 0.25) is 0 Å². The van der Waals surface area contributed by atoms with Crippen molar-refractivity contribution < 1.29 is 0 Å². The Bertz CT molecular complexity index is 172. The van der Waals surface area contributed by atoms with E-state index in [0.717, 1.165) is 0 Å². The summed E-state index contributed by atoms with van der Waals surface area (Å²) in [4.78, 5) is 0. The molecule has 0 atom stereocenters. The fraction of sp³-hybridized carbons (Fsp3) is 0.833. The zero-order valence-electron chi connectivity index (χ0n) is 9.91. The molecule has 0 aromatic rings. The second-order valence-corrected chi connectivity index (χ2v) is 9.54.